The van der Waals surface area contributed by atoms with Crippen LogP contribution in [0.3, 0.4) is 0 Å². The average molecular weight is 266 g/mol. The summed E-state index contributed by atoms with van der Waals surface area (Å²) in [5.41, 5.74) is 0. The normalized spacial score (nSPS) is 37.2. The fraction of sp³-hybridized carbons (Fsp3) is 0.933. The van der Waals surface area contributed by atoms with E-state index in [9.17, 15) is 4.79 Å². The van der Waals surface area contributed by atoms with Gasteiger partial charge in [-0.3, -0.25) is 14.6 Å². The van der Waals surface area contributed by atoms with Crippen molar-refractivity contribution in [1.29, 1.82) is 0 Å². The maximum absolute atomic E-state index is 11.1. The number of aliphatic carboxylic acids is 1. The van der Waals surface area contributed by atoms with E-state index in [2.05, 4.69) is 9.80 Å². The fourth-order valence-corrected chi connectivity index (χ4v) is 4.49. The summed E-state index contributed by atoms with van der Waals surface area (Å²) in [5.74, 6) is -0.629. The first-order valence-corrected chi connectivity index (χ1v) is 7.97. The minimum absolute atomic E-state index is 0.290. The summed E-state index contributed by atoms with van der Waals surface area (Å²) in [7, 11) is 0. The van der Waals surface area contributed by atoms with Crippen molar-refractivity contribution in [1.82, 2.24) is 9.80 Å². The van der Waals surface area contributed by atoms with E-state index in [1.165, 1.54) is 51.6 Å². The molecule has 0 aliphatic carbocycles. The lowest BCUT2D eigenvalue weighted by Gasteiger charge is -2.43. The molecule has 3 aliphatic rings. The Morgan fingerprint density at radius 2 is 1.74 bits per heavy atom. The van der Waals surface area contributed by atoms with Gasteiger partial charge in [0, 0.05) is 24.7 Å². The molecule has 3 saturated heterocycles. The maximum atomic E-state index is 11.1. The van der Waals surface area contributed by atoms with E-state index in [4.69, 9.17) is 5.11 Å². The van der Waals surface area contributed by atoms with E-state index in [-0.39, 0.29) is 6.04 Å². The fourth-order valence-electron chi connectivity index (χ4n) is 4.49. The van der Waals surface area contributed by atoms with E-state index in [1.807, 2.05) is 0 Å². The van der Waals surface area contributed by atoms with Gasteiger partial charge in [0.2, 0.25) is 0 Å². The van der Waals surface area contributed by atoms with Gasteiger partial charge in [0.1, 0.15) is 0 Å². The lowest BCUT2D eigenvalue weighted by atomic mass is 9.92. The molecule has 4 heteroatoms. The second-order valence-corrected chi connectivity index (χ2v) is 6.44. The summed E-state index contributed by atoms with van der Waals surface area (Å²) in [4.78, 5) is 16.3. The van der Waals surface area contributed by atoms with E-state index < -0.39 is 5.97 Å². The van der Waals surface area contributed by atoms with Gasteiger partial charge in [0.05, 0.1) is 6.42 Å². The molecule has 4 nitrogen and oxygen atoms in total. The Kier molecular flexibility index (Phi) is 4.08. The van der Waals surface area contributed by atoms with Gasteiger partial charge in [-0.25, -0.2) is 0 Å². The van der Waals surface area contributed by atoms with Crippen molar-refractivity contribution in [2.75, 3.05) is 19.6 Å². The van der Waals surface area contributed by atoms with Gasteiger partial charge in [-0.2, -0.15) is 0 Å². The monoisotopic (exact) mass is 266 g/mol. The maximum Gasteiger partial charge on any atom is 0.304 e. The number of piperidine rings is 2. The number of hydrogen-bond donors (Lipinski definition) is 1. The predicted molar refractivity (Wildman–Crippen MR) is 74.2 cm³/mol. The second-order valence-electron chi connectivity index (χ2n) is 6.44. The van der Waals surface area contributed by atoms with Gasteiger partial charge < -0.3 is 5.11 Å². The predicted octanol–water partition coefficient (Wildman–Crippen LogP) is 1.94. The molecule has 3 rings (SSSR count). The van der Waals surface area contributed by atoms with E-state index in [1.54, 1.807) is 0 Å². The number of likely N-dealkylation sites (tertiary alicyclic amines) is 1. The standard InChI is InChI=1S/C15H26N2O2/c18-15(19)11-12-5-1-4-9-17(12)14-7-10-16-8-3-2-6-13(14)16/h12-14H,1-11H2,(H,18,19). The third-order valence-corrected chi connectivity index (χ3v) is 5.33. The summed E-state index contributed by atoms with van der Waals surface area (Å²) in [6.07, 6.45) is 9.15. The molecule has 1 N–H and O–H groups in total. The lowest BCUT2D eigenvalue weighted by molar-refractivity contribution is -0.139. The highest BCUT2D eigenvalue weighted by Gasteiger charge is 2.41. The van der Waals surface area contributed by atoms with Crippen LogP contribution in [0.15, 0.2) is 0 Å². The summed E-state index contributed by atoms with van der Waals surface area (Å²) < 4.78 is 0. The largest absolute Gasteiger partial charge is 0.481 e. The Morgan fingerprint density at radius 3 is 2.58 bits per heavy atom. The molecule has 3 heterocycles. The molecule has 0 radical (unpaired) electrons. The van der Waals surface area contributed by atoms with Crippen molar-refractivity contribution < 1.29 is 9.90 Å². The van der Waals surface area contributed by atoms with E-state index in [0.29, 0.717) is 18.5 Å². The van der Waals surface area contributed by atoms with Crippen molar-refractivity contribution in [2.24, 2.45) is 0 Å². The molecule has 3 unspecified atom stereocenters. The number of nitrogens with zero attached hydrogens (tertiary/aromatic N) is 2. The molecular formula is C15H26N2O2. The van der Waals surface area contributed by atoms with Crippen molar-refractivity contribution in [3.05, 3.63) is 0 Å². The highest BCUT2D eigenvalue weighted by molar-refractivity contribution is 5.67. The molecule has 0 aromatic rings. The van der Waals surface area contributed by atoms with Crippen molar-refractivity contribution in [2.45, 2.75) is 69.5 Å². The van der Waals surface area contributed by atoms with Crippen molar-refractivity contribution in [3.63, 3.8) is 0 Å². The first-order valence-electron chi connectivity index (χ1n) is 7.97. The quantitative estimate of drug-likeness (QED) is 0.848. The van der Waals surface area contributed by atoms with Crippen molar-refractivity contribution >= 4 is 5.97 Å². The molecule has 3 aliphatic heterocycles. The molecule has 0 aromatic carbocycles. The Labute approximate surface area is 115 Å². The van der Waals surface area contributed by atoms with E-state index >= 15 is 0 Å². The average Bonchev–Trinajstić information content (AvgIpc) is 2.82. The molecule has 3 atom stereocenters. The summed E-state index contributed by atoms with van der Waals surface area (Å²) in [5, 5.41) is 9.12. The molecule has 0 aromatic heterocycles. The van der Waals surface area contributed by atoms with Crippen LogP contribution in [0.5, 0.6) is 0 Å². The molecule has 108 valence electrons. The number of carbonyl (C=O) groups is 1. The van der Waals surface area contributed by atoms with Crippen molar-refractivity contribution in [3.8, 4) is 0 Å². The molecule has 19 heavy (non-hydrogen) atoms. The zero-order chi connectivity index (χ0) is 13.2. The summed E-state index contributed by atoms with van der Waals surface area (Å²) in [6, 6.07) is 1.63. The lowest BCUT2D eigenvalue weighted by Crippen LogP contribution is -2.53. The summed E-state index contributed by atoms with van der Waals surface area (Å²) >= 11 is 0. The smallest absolute Gasteiger partial charge is 0.304 e. The van der Waals surface area contributed by atoms with E-state index in [0.717, 1.165) is 13.0 Å². The van der Waals surface area contributed by atoms with Crippen LogP contribution < -0.4 is 0 Å². The van der Waals surface area contributed by atoms with Gasteiger partial charge in [-0.1, -0.05) is 12.8 Å². The zero-order valence-electron chi connectivity index (χ0n) is 11.8. The highest BCUT2D eigenvalue weighted by Crippen LogP contribution is 2.34. The van der Waals surface area contributed by atoms with Crippen LogP contribution in [-0.4, -0.2) is 58.6 Å². The van der Waals surface area contributed by atoms with Crippen LogP contribution in [-0.2, 0) is 4.79 Å². The molecule has 0 amide bonds. The number of rotatable bonds is 3. The third kappa shape index (κ3) is 2.79. The van der Waals surface area contributed by atoms with Gasteiger partial charge in [0.25, 0.3) is 0 Å². The van der Waals surface area contributed by atoms with Crippen LogP contribution in [0.25, 0.3) is 0 Å². The molecule has 0 bridgehead atoms. The second kappa shape index (κ2) is 5.80. The van der Waals surface area contributed by atoms with Crippen LogP contribution in [0, 0.1) is 0 Å². The van der Waals surface area contributed by atoms with Gasteiger partial charge in [-0.05, 0) is 45.2 Å². The molecular weight excluding hydrogens is 240 g/mol. The highest BCUT2D eigenvalue weighted by atomic mass is 16.4. The number of carboxylic acids is 1. The SMILES string of the molecule is O=C(O)CC1CCCCN1C1CCN2CCCCC12. The Hall–Kier alpha value is -0.610. The van der Waals surface area contributed by atoms with Gasteiger partial charge in [-0.15, -0.1) is 0 Å². The van der Waals surface area contributed by atoms with Crippen LogP contribution in [0.4, 0.5) is 0 Å². The molecule has 0 spiro atoms. The topological polar surface area (TPSA) is 43.8 Å². The summed E-state index contributed by atoms with van der Waals surface area (Å²) in [6.45, 7) is 3.61. The van der Waals surface area contributed by atoms with Crippen LogP contribution in [0.1, 0.15) is 51.4 Å². The molecule has 0 saturated carbocycles. The van der Waals surface area contributed by atoms with Crippen LogP contribution in [0.2, 0.25) is 0 Å². The third-order valence-electron chi connectivity index (χ3n) is 5.33. The van der Waals surface area contributed by atoms with Gasteiger partial charge in [0.15, 0.2) is 0 Å². The molecule has 3 fully saturated rings. The first-order chi connectivity index (χ1) is 9.25. The first kappa shape index (κ1) is 13.4. The number of hydrogen-bond acceptors (Lipinski definition) is 3. The Bertz CT molecular complexity index is 334. The number of carboxylic acid groups (broad SMARTS) is 1. The minimum atomic E-state index is -0.629. The zero-order valence-corrected chi connectivity index (χ0v) is 11.8. The van der Waals surface area contributed by atoms with Crippen LogP contribution >= 0.6 is 0 Å². The number of fused-ring (bicyclic) bond motifs is 1. The Balaban J connectivity index is 1.69. The van der Waals surface area contributed by atoms with Gasteiger partial charge >= 0.3 is 5.97 Å². The Morgan fingerprint density at radius 1 is 0.947 bits per heavy atom. The minimum Gasteiger partial charge on any atom is -0.481 e.